The van der Waals surface area contributed by atoms with E-state index >= 15 is 0 Å². The lowest BCUT2D eigenvalue weighted by Crippen LogP contribution is -2.10. The number of unbranched alkanes of at least 4 members (excludes halogenated alkanes) is 1. The Bertz CT molecular complexity index is 802. The summed E-state index contributed by atoms with van der Waals surface area (Å²) in [5.41, 5.74) is 9.22. The summed E-state index contributed by atoms with van der Waals surface area (Å²) in [5.74, 6) is 0.896. The van der Waals surface area contributed by atoms with Crippen molar-refractivity contribution in [2.45, 2.75) is 26.2 Å². The van der Waals surface area contributed by atoms with Gasteiger partial charge < -0.3 is 5.73 Å². The summed E-state index contributed by atoms with van der Waals surface area (Å²) in [5, 5.41) is 7.49. The molecule has 3 N–H and O–H groups in total. The van der Waals surface area contributed by atoms with Crippen LogP contribution in [0, 0.1) is 5.41 Å². The zero-order chi connectivity index (χ0) is 15.5. The van der Waals surface area contributed by atoms with E-state index in [9.17, 15) is 0 Å². The number of nitrogens with zero attached hydrogens (tertiary/aromatic N) is 3. The Morgan fingerprint density at radius 1 is 1.23 bits per heavy atom. The largest absolute Gasteiger partial charge is 0.384 e. The van der Waals surface area contributed by atoms with E-state index in [-0.39, 0.29) is 5.84 Å². The first-order valence-electron chi connectivity index (χ1n) is 7.46. The lowest BCUT2D eigenvalue weighted by Gasteiger charge is -2.05. The standard InChI is InChI=1S/C17H19N5/c1-2-3-4-12-5-8-16(20-10-12)22-11-21-14-9-13(17(18)19)6-7-15(14)22/h5-11H,2-4H2,1H3,(H3,18,19). The van der Waals surface area contributed by atoms with Crippen molar-refractivity contribution in [3.8, 4) is 5.82 Å². The molecule has 0 amide bonds. The molecule has 0 radical (unpaired) electrons. The molecule has 0 aliphatic heterocycles. The van der Waals surface area contributed by atoms with Crippen molar-refractivity contribution in [2.24, 2.45) is 5.73 Å². The van der Waals surface area contributed by atoms with Gasteiger partial charge in [0.05, 0.1) is 11.0 Å². The average Bonchev–Trinajstić information content (AvgIpc) is 2.96. The molecule has 22 heavy (non-hydrogen) atoms. The van der Waals surface area contributed by atoms with Gasteiger partial charge in [-0.25, -0.2) is 9.97 Å². The van der Waals surface area contributed by atoms with Crippen LogP contribution in [0.15, 0.2) is 42.9 Å². The number of amidine groups is 1. The summed E-state index contributed by atoms with van der Waals surface area (Å²) in [6, 6.07) is 9.72. The predicted molar refractivity (Wildman–Crippen MR) is 88.5 cm³/mol. The van der Waals surface area contributed by atoms with Gasteiger partial charge in [-0.05, 0) is 42.7 Å². The Kier molecular flexibility index (Phi) is 3.87. The molecule has 5 nitrogen and oxygen atoms in total. The van der Waals surface area contributed by atoms with E-state index < -0.39 is 0 Å². The molecule has 1 aromatic carbocycles. The van der Waals surface area contributed by atoms with Crippen molar-refractivity contribution < 1.29 is 0 Å². The van der Waals surface area contributed by atoms with Crippen molar-refractivity contribution in [1.29, 1.82) is 5.41 Å². The van der Waals surface area contributed by atoms with Crippen molar-refractivity contribution >= 4 is 16.9 Å². The van der Waals surface area contributed by atoms with E-state index in [1.807, 2.05) is 35.0 Å². The molecule has 0 atom stereocenters. The van der Waals surface area contributed by atoms with Crippen LogP contribution in [0.25, 0.3) is 16.9 Å². The van der Waals surface area contributed by atoms with Gasteiger partial charge in [-0.1, -0.05) is 19.4 Å². The Labute approximate surface area is 129 Å². The fourth-order valence-electron chi connectivity index (χ4n) is 2.45. The van der Waals surface area contributed by atoms with E-state index in [4.69, 9.17) is 11.1 Å². The number of nitrogens with two attached hydrogens (primary N) is 1. The van der Waals surface area contributed by atoms with Crippen molar-refractivity contribution in [2.75, 3.05) is 0 Å². The van der Waals surface area contributed by atoms with Crippen LogP contribution in [0.3, 0.4) is 0 Å². The second-order valence-electron chi connectivity index (χ2n) is 5.36. The minimum absolute atomic E-state index is 0.0508. The maximum Gasteiger partial charge on any atom is 0.138 e. The number of hydrogen-bond acceptors (Lipinski definition) is 3. The third kappa shape index (κ3) is 2.70. The van der Waals surface area contributed by atoms with Crippen LogP contribution in [0.1, 0.15) is 30.9 Å². The zero-order valence-electron chi connectivity index (χ0n) is 12.6. The Hall–Kier alpha value is -2.69. The molecule has 0 spiro atoms. The summed E-state index contributed by atoms with van der Waals surface area (Å²) >= 11 is 0. The Morgan fingerprint density at radius 3 is 2.77 bits per heavy atom. The van der Waals surface area contributed by atoms with Gasteiger partial charge in [0.1, 0.15) is 18.0 Å². The van der Waals surface area contributed by atoms with Crippen LogP contribution < -0.4 is 5.73 Å². The van der Waals surface area contributed by atoms with E-state index in [2.05, 4.69) is 23.0 Å². The molecule has 3 aromatic rings. The third-order valence-corrected chi connectivity index (χ3v) is 3.73. The van der Waals surface area contributed by atoms with Crippen molar-refractivity contribution in [1.82, 2.24) is 14.5 Å². The maximum atomic E-state index is 7.49. The third-order valence-electron chi connectivity index (χ3n) is 3.73. The normalized spacial score (nSPS) is 11.0. The van der Waals surface area contributed by atoms with Gasteiger partial charge in [0.2, 0.25) is 0 Å². The first-order chi connectivity index (χ1) is 10.7. The van der Waals surface area contributed by atoms with Crippen LogP contribution in [-0.4, -0.2) is 20.4 Å². The molecular weight excluding hydrogens is 274 g/mol. The number of hydrogen-bond donors (Lipinski definition) is 2. The fraction of sp³-hybridized carbons (Fsp3) is 0.235. The lowest BCUT2D eigenvalue weighted by atomic mass is 10.1. The highest BCUT2D eigenvalue weighted by Crippen LogP contribution is 2.18. The van der Waals surface area contributed by atoms with Gasteiger partial charge in [0.15, 0.2) is 0 Å². The minimum Gasteiger partial charge on any atom is -0.384 e. The maximum absolute atomic E-state index is 7.49. The molecule has 0 aliphatic rings. The van der Waals surface area contributed by atoms with Gasteiger partial charge in [-0.2, -0.15) is 0 Å². The number of pyridine rings is 1. The number of imidazole rings is 1. The molecule has 0 saturated carbocycles. The molecular formula is C17H19N5. The first kappa shape index (κ1) is 14.3. The number of fused-ring (bicyclic) bond motifs is 1. The quantitative estimate of drug-likeness (QED) is 0.560. The zero-order valence-corrected chi connectivity index (χ0v) is 12.6. The molecule has 3 rings (SSSR count). The SMILES string of the molecule is CCCCc1ccc(-n2cnc3cc(C(=N)N)ccc32)nc1. The van der Waals surface area contributed by atoms with E-state index in [0.29, 0.717) is 5.56 Å². The second-order valence-corrected chi connectivity index (χ2v) is 5.36. The predicted octanol–water partition coefficient (Wildman–Crippen LogP) is 3.05. The summed E-state index contributed by atoms with van der Waals surface area (Å²) in [7, 11) is 0. The second kappa shape index (κ2) is 5.97. The van der Waals surface area contributed by atoms with E-state index in [0.717, 1.165) is 23.3 Å². The number of nitrogen functional groups attached to an aromatic ring is 1. The van der Waals surface area contributed by atoms with Crippen LogP contribution in [0.5, 0.6) is 0 Å². The molecule has 0 saturated heterocycles. The monoisotopic (exact) mass is 293 g/mol. The van der Waals surface area contributed by atoms with Crippen LogP contribution in [0.2, 0.25) is 0 Å². The van der Waals surface area contributed by atoms with Crippen LogP contribution in [0.4, 0.5) is 0 Å². The number of nitrogens with one attached hydrogen (secondary N) is 1. The fourth-order valence-corrected chi connectivity index (χ4v) is 2.45. The van der Waals surface area contributed by atoms with Gasteiger partial charge in [-0.15, -0.1) is 0 Å². The minimum atomic E-state index is 0.0508. The topological polar surface area (TPSA) is 80.6 Å². The van der Waals surface area contributed by atoms with Crippen LogP contribution >= 0.6 is 0 Å². The summed E-state index contributed by atoms with van der Waals surface area (Å²) < 4.78 is 1.95. The Balaban J connectivity index is 1.94. The van der Waals surface area contributed by atoms with Gasteiger partial charge in [0.25, 0.3) is 0 Å². The molecule has 0 fully saturated rings. The molecule has 0 aliphatic carbocycles. The summed E-state index contributed by atoms with van der Waals surface area (Å²) in [6.45, 7) is 2.19. The van der Waals surface area contributed by atoms with Gasteiger partial charge >= 0.3 is 0 Å². The number of benzene rings is 1. The first-order valence-corrected chi connectivity index (χ1v) is 7.46. The van der Waals surface area contributed by atoms with E-state index in [1.54, 1.807) is 6.33 Å². The molecule has 2 aromatic heterocycles. The van der Waals surface area contributed by atoms with E-state index in [1.165, 1.54) is 18.4 Å². The van der Waals surface area contributed by atoms with Crippen molar-refractivity contribution in [3.05, 3.63) is 54.0 Å². The lowest BCUT2D eigenvalue weighted by molar-refractivity contribution is 0.791. The van der Waals surface area contributed by atoms with Gasteiger partial charge in [-0.3, -0.25) is 9.98 Å². The molecule has 0 unspecified atom stereocenters. The highest BCUT2D eigenvalue weighted by atomic mass is 15.1. The summed E-state index contributed by atoms with van der Waals surface area (Å²) in [6.07, 6.45) is 7.12. The Morgan fingerprint density at radius 2 is 2.09 bits per heavy atom. The smallest absolute Gasteiger partial charge is 0.138 e. The number of aromatic nitrogens is 3. The summed E-state index contributed by atoms with van der Waals surface area (Å²) in [4.78, 5) is 8.92. The average molecular weight is 293 g/mol. The number of rotatable bonds is 5. The van der Waals surface area contributed by atoms with Crippen molar-refractivity contribution in [3.63, 3.8) is 0 Å². The molecule has 5 heteroatoms. The molecule has 112 valence electrons. The highest BCUT2D eigenvalue weighted by molar-refractivity contribution is 5.98. The highest BCUT2D eigenvalue weighted by Gasteiger charge is 2.07. The number of aryl methyl sites for hydroxylation is 1. The molecule has 2 heterocycles. The molecule has 0 bridgehead atoms. The van der Waals surface area contributed by atoms with Crippen LogP contribution in [-0.2, 0) is 6.42 Å². The van der Waals surface area contributed by atoms with Gasteiger partial charge in [0, 0.05) is 11.8 Å².